The molecule has 0 unspecified atom stereocenters. The minimum Gasteiger partial charge on any atom is -0.850 e. The van der Waals surface area contributed by atoms with Crippen molar-refractivity contribution in [1.82, 2.24) is 0 Å². The van der Waals surface area contributed by atoms with Crippen molar-refractivity contribution in [2.75, 3.05) is 0 Å². The van der Waals surface area contributed by atoms with Crippen LogP contribution in [0.25, 0.3) is 5.32 Å². The van der Waals surface area contributed by atoms with E-state index in [4.69, 9.17) is 5.32 Å². The predicted octanol–water partition coefficient (Wildman–Crippen LogP) is 7.73. The Hall–Kier alpha value is -2.22. The second kappa shape index (κ2) is 15.3. The predicted molar refractivity (Wildman–Crippen MR) is 163 cm³/mol. The van der Waals surface area contributed by atoms with Crippen LogP contribution in [0, 0.1) is 0 Å². The number of benzene rings is 2. The van der Waals surface area contributed by atoms with E-state index in [1.807, 2.05) is 0 Å². The molecule has 0 aliphatic heterocycles. The summed E-state index contributed by atoms with van der Waals surface area (Å²) in [7, 11) is 0. The Balaban J connectivity index is 0.00000196. The zero-order valence-electron chi connectivity index (χ0n) is 25.9. The van der Waals surface area contributed by atoms with Crippen LogP contribution >= 0.6 is 0 Å². The Morgan fingerprint density at radius 1 is 0.730 bits per heavy atom. The Bertz CT molecular complexity index is 982. The fourth-order valence-electron chi connectivity index (χ4n) is 4.09. The Morgan fingerprint density at radius 3 is 1.38 bits per heavy atom. The second-order valence-electron chi connectivity index (χ2n) is 12.0. The molecule has 3 nitrogen and oxygen atoms in total. The van der Waals surface area contributed by atoms with Crippen LogP contribution in [0.1, 0.15) is 136 Å². The molecule has 0 atom stereocenters. The van der Waals surface area contributed by atoms with Crippen molar-refractivity contribution < 1.29 is 10.1 Å². The van der Waals surface area contributed by atoms with Gasteiger partial charge in [-0.05, 0) is 29.7 Å². The third kappa shape index (κ3) is 11.8. The molecule has 0 aliphatic carbocycles. The van der Waals surface area contributed by atoms with E-state index in [0.717, 1.165) is 17.1 Å². The maximum absolute atomic E-state index is 10.1. The summed E-state index contributed by atoms with van der Waals surface area (Å²) >= 11 is 0. The molecule has 0 heterocycles. The normalized spacial score (nSPS) is 12.6. The molecule has 0 fully saturated rings. The largest absolute Gasteiger partial charge is 2.00 e. The van der Waals surface area contributed by atoms with Gasteiger partial charge in [-0.1, -0.05) is 131 Å². The fourth-order valence-corrected chi connectivity index (χ4v) is 4.09. The van der Waals surface area contributed by atoms with Crippen molar-refractivity contribution in [2.24, 2.45) is 0 Å². The summed E-state index contributed by atoms with van der Waals surface area (Å²) < 4.78 is 0. The monoisotopic (exact) mass is 500 g/mol. The van der Waals surface area contributed by atoms with Gasteiger partial charge in [0.2, 0.25) is 5.69 Å². The number of rotatable bonds is 8. The van der Waals surface area contributed by atoms with Gasteiger partial charge in [0.15, 0.2) is 5.71 Å². The Labute approximate surface area is 232 Å². The van der Waals surface area contributed by atoms with E-state index >= 15 is 0 Å². The third-order valence-corrected chi connectivity index (χ3v) is 5.75. The molecule has 1 N–H and O–H groups in total. The van der Waals surface area contributed by atoms with Gasteiger partial charge in [-0.25, -0.2) is 4.99 Å². The van der Waals surface area contributed by atoms with Crippen molar-refractivity contribution in [3.63, 3.8) is 0 Å². The molecule has 0 saturated heterocycles. The standard InChI is InChI=1S/C29H41N2.C4H9O.Be/c1-18(2)24-13-11-14-25(19(3)4)28(24)30-22(9)17-23(10)31-29-26(20(5)6)15-12-16-27(29)21(7)8;1-4(2,3)5;/h11-21H,1-10H3;1-3H3;/q2*-1;+2/p+1/b22-17-,31-23?;;. The van der Waals surface area contributed by atoms with Gasteiger partial charge in [-0.3, -0.25) is 0 Å². The third-order valence-electron chi connectivity index (χ3n) is 5.75. The average Bonchev–Trinajstić information content (AvgIpc) is 2.71. The molecule has 0 amide bonds. The van der Waals surface area contributed by atoms with Gasteiger partial charge in [0.25, 0.3) is 0 Å². The summed E-state index contributed by atoms with van der Waals surface area (Å²) in [6, 6.07) is 13.2. The van der Waals surface area contributed by atoms with Crippen LogP contribution in [-0.4, -0.2) is 21.4 Å². The number of nitrogens with zero attached hydrogens (tertiary/aromatic N) is 1. The Morgan fingerprint density at radius 2 is 1.05 bits per heavy atom. The van der Waals surface area contributed by atoms with Crippen LogP contribution in [0.5, 0.6) is 0 Å². The molecule has 0 radical (unpaired) electrons. The summed E-state index contributed by atoms with van der Waals surface area (Å²) in [6.07, 6.45) is 2.17. The molecular weight excluding hydrogens is 449 g/mol. The molecule has 0 spiro atoms. The van der Waals surface area contributed by atoms with Gasteiger partial charge >= 0.3 is 10.1 Å². The van der Waals surface area contributed by atoms with Crippen LogP contribution in [0.3, 0.4) is 0 Å². The van der Waals surface area contributed by atoms with E-state index in [0.29, 0.717) is 23.7 Å². The van der Waals surface area contributed by atoms with Crippen LogP contribution < -0.4 is 10.1 Å². The first-order valence-corrected chi connectivity index (χ1v) is 13.5. The van der Waals surface area contributed by atoms with Crippen LogP contribution in [0.2, 0.25) is 0 Å². The zero-order chi connectivity index (χ0) is 27.8. The van der Waals surface area contributed by atoms with E-state index in [1.165, 1.54) is 27.9 Å². The number of para-hydroxylation sites is 2. The van der Waals surface area contributed by atoms with E-state index in [1.54, 1.807) is 20.8 Å². The summed E-state index contributed by atoms with van der Waals surface area (Å²) in [5, 5.41) is 15.2. The molecule has 0 bridgehead atoms. The number of hydrogen-bond donors (Lipinski definition) is 1. The molecule has 2 rings (SSSR count). The van der Waals surface area contributed by atoms with Crippen LogP contribution in [-0.2, 0) is 0 Å². The summed E-state index contributed by atoms with van der Waals surface area (Å²) in [5.74, 6) is 1.82. The average molecular weight is 501 g/mol. The number of hydrogen-bond acceptors (Lipinski definition) is 1. The topological polar surface area (TPSA) is 51.1 Å². The van der Waals surface area contributed by atoms with Crippen LogP contribution in [0.4, 0.5) is 11.4 Å². The van der Waals surface area contributed by atoms with E-state index in [-0.39, 0.29) is 10.1 Å². The van der Waals surface area contributed by atoms with Gasteiger partial charge in [0.05, 0.1) is 0 Å². The molecular formula is C33H51BeN2O+. The zero-order valence-corrected chi connectivity index (χ0v) is 25.9. The van der Waals surface area contributed by atoms with Crippen molar-refractivity contribution in [3.8, 4) is 0 Å². The van der Waals surface area contributed by atoms with E-state index < -0.39 is 5.60 Å². The summed E-state index contributed by atoms with van der Waals surface area (Å²) in [6.45, 7) is 27.1. The van der Waals surface area contributed by atoms with Gasteiger partial charge in [-0.15, -0.1) is 11.3 Å². The quantitative estimate of drug-likeness (QED) is 0.293. The first-order chi connectivity index (χ1) is 16.5. The van der Waals surface area contributed by atoms with Gasteiger partial charge in [-0.2, -0.15) is 5.70 Å². The molecule has 200 valence electrons. The van der Waals surface area contributed by atoms with Crippen molar-refractivity contribution in [3.05, 3.63) is 75.7 Å². The molecule has 2 aromatic rings. The maximum atomic E-state index is 10.1. The molecule has 0 aromatic heterocycles. The maximum Gasteiger partial charge on any atom is 2.00 e. The SMILES string of the molecule is CC(/C=C(/C)[N-]c1c(C(C)C)cccc1C(C)C)=[NH+]c1c(C(C)C)cccc1C(C)C.CC(C)(C)[O-].[Be+2]. The molecule has 4 heteroatoms. The molecule has 37 heavy (non-hydrogen) atoms. The van der Waals surface area contributed by atoms with Gasteiger partial charge in [0.1, 0.15) is 0 Å². The first-order valence-electron chi connectivity index (χ1n) is 13.5. The molecule has 2 aromatic carbocycles. The number of nitrogens with one attached hydrogen (secondary N) is 1. The minimum atomic E-state index is -0.750. The van der Waals surface area contributed by atoms with Crippen molar-refractivity contribution in [2.45, 2.75) is 119 Å². The van der Waals surface area contributed by atoms with Crippen LogP contribution in [0.15, 0.2) is 48.2 Å². The molecule has 0 aliphatic rings. The smallest absolute Gasteiger partial charge is 0.850 e. The summed E-state index contributed by atoms with van der Waals surface area (Å²) in [5.41, 5.74) is 9.13. The van der Waals surface area contributed by atoms with E-state index in [9.17, 15) is 5.11 Å². The fraction of sp³-hybridized carbons (Fsp3) is 0.545. The minimum absolute atomic E-state index is 0. The number of allylic oxidation sites excluding steroid dienone is 2. The second-order valence-corrected chi connectivity index (χ2v) is 12.0. The van der Waals surface area contributed by atoms with Crippen molar-refractivity contribution >= 4 is 27.2 Å². The van der Waals surface area contributed by atoms with Crippen molar-refractivity contribution in [1.29, 1.82) is 0 Å². The molecule has 0 saturated carbocycles. The van der Waals surface area contributed by atoms with E-state index in [2.05, 4.69) is 117 Å². The first kappa shape index (κ1) is 34.8. The van der Waals surface area contributed by atoms with Gasteiger partial charge < -0.3 is 10.4 Å². The Kier molecular flexibility index (Phi) is 14.3. The summed E-state index contributed by atoms with van der Waals surface area (Å²) in [4.78, 5) is 3.71. The van der Waals surface area contributed by atoms with Gasteiger partial charge in [0, 0.05) is 18.1 Å².